The zero-order valence-electron chi connectivity index (χ0n) is 12.2. The van der Waals surface area contributed by atoms with Crippen molar-refractivity contribution in [1.82, 2.24) is 9.80 Å². The van der Waals surface area contributed by atoms with Crippen LogP contribution in [-0.2, 0) is 0 Å². The molecule has 0 saturated carbocycles. The van der Waals surface area contributed by atoms with E-state index >= 15 is 0 Å². The predicted octanol–water partition coefficient (Wildman–Crippen LogP) is 1.63. The molecule has 102 valence electrons. The first-order chi connectivity index (χ1) is 8.02. The molecule has 0 spiro atoms. The third-order valence-electron chi connectivity index (χ3n) is 3.90. The molecule has 1 heterocycles. The van der Waals surface area contributed by atoms with Crippen molar-refractivity contribution >= 4 is 0 Å². The summed E-state index contributed by atoms with van der Waals surface area (Å²) in [4.78, 5) is 4.97. The Balaban J connectivity index is 2.29. The average Bonchev–Trinajstić information content (AvgIpc) is 2.62. The van der Waals surface area contributed by atoms with Crippen molar-refractivity contribution in [2.45, 2.75) is 39.2 Å². The summed E-state index contributed by atoms with van der Waals surface area (Å²) >= 11 is 0. The van der Waals surface area contributed by atoms with E-state index in [1.54, 1.807) is 0 Å². The van der Waals surface area contributed by atoms with Crippen LogP contribution in [0, 0.1) is 11.8 Å². The third kappa shape index (κ3) is 5.36. The van der Waals surface area contributed by atoms with E-state index < -0.39 is 0 Å². The Hall–Kier alpha value is -0.120. The van der Waals surface area contributed by atoms with Crippen molar-refractivity contribution in [2.75, 3.05) is 40.3 Å². The molecule has 2 atom stereocenters. The van der Waals surface area contributed by atoms with Crippen molar-refractivity contribution in [3.63, 3.8) is 0 Å². The zero-order chi connectivity index (χ0) is 12.8. The standard InChI is InChI=1S/C14H31N3/c1-12(2)8-13(9-15)10-16(3)11-14-6-5-7-17(14)4/h12-14H,5-11,15H2,1-4H3. The van der Waals surface area contributed by atoms with Crippen LogP contribution < -0.4 is 5.73 Å². The van der Waals surface area contributed by atoms with Crippen molar-refractivity contribution in [1.29, 1.82) is 0 Å². The molecule has 1 aliphatic heterocycles. The van der Waals surface area contributed by atoms with Crippen LogP contribution in [0.1, 0.15) is 33.1 Å². The van der Waals surface area contributed by atoms with Crippen LogP contribution in [0.3, 0.4) is 0 Å². The van der Waals surface area contributed by atoms with E-state index in [4.69, 9.17) is 5.73 Å². The molecule has 2 N–H and O–H groups in total. The predicted molar refractivity (Wildman–Crippen MR) is 75.1 cm³/mol. The molecule has 0 aromatic heterocycles. The van der Waals surface area contributed by atoms with Crippen LogP contribution in [0.4, 0.5) is 0 Å². The van der Waals surface area contributed by atoms with Gasteiger partial charge in [0.2, 0.25) is 0 Å². The highest BCUT2D eigenvalue weighted by atomic mass is 15.2. The Kier molecular flexibility index (Phi) is 6.45. The molecule has 17 heavy (non-hydrogen) atoms. The molecular formula is C14H31N3. The van der Waals surface area contributed by atoms with Crippen LogP contribution in [0.25, 0.3) is 0 Å². The van der Waals surface area contributed by atoms with Crippen LogP contribution in [0.5, 0.6) is 0 Å². The maximum atomic E-state index is 5.87. The lowest BCUT2D eigenvalue weighted by molar-refractivity contribution is 0.192. The first kappa shape index (κ1) is 14.9. The molecular weight excluding hydrogens is 210 g/mol. The largest absolute Gasteiger partial charge is 0.330 e. The van der Waals surface area contributed by atoms with E-state index in [0.29, 0.717) is 5.92 Å². The second kappa shape index (κ2) is 7.34. The second-order valence-electron chi connectivity index (χ2n) is 6.23. The molecule has 2 unspecified atom stereocenters. The van der Waals surface area contributed by atoms with Gasteiger partial charge in [-0.2, -0.15) is 0 Å². The minimum absolute atomic E-state index is 0.659. The fourth-order valence-corrected chi connectivity index (χ4v) is 3.00. The fourth-order valence-electron chi connectivity index (χ4n) is 3.00. The Labute approximate surface area is 107 Å². The summed E-state index contributed by atoms with van der Waals surface area (Å²) in [6, 6.07) is 0.762. The fraction of sp³-hybridized carbons (Fsp3) is 1.00. The molecule has 0 aromatic carbocycles. The normalized spacial score (nSPS) is 23.8. The molecule has 1 saturated heterocycles. The minimum Gasteiger partial charge on any atom is -0.330 e. The van der Waals surface area contributed by atoms with Gasteiger partial charge in [0, 0.05) is 19.1 Å². The Bertz CT molecular complexity index is 206. The molecule has 0 radical (unpaired) electrons. The number of nitrogens with zero attached hydrogens (tertiary/aromatic N) is 2. The maximum absolute atomic E-state index is 5.87. The highest BCUT2D eigenvalue weighted by molar-refractivity contribution is 4.79. The quantitative estimate of drug-likeness (QED) is 0.735. The van der Waals surface area contributed by atoms with E-state index in [2.05, 4.69) is 37.7 Å². The summed E-state index contributed by atoms with van der Waals surface area (Å²) in [6.07, 6.45) is 3.97. The molecule has 1 rings (SSSR count). The highest BCUT2D eigenvalue weighted by Gasteiger charge is 2.22. The first-order valence-electron chi connectivity index (χ1n) is 7.11. The Morgan fingerprint density at radius 3 is 2.59 bits per heavy atom. The summed E-state index contributed by atoms with van der Waals surface area (Å²) in [5.74, 6) is 1.41. The third-order valence-corrected chi connectivity index (χ3v) is 3.90. The van der Waals surface area contributed by atoms with Crippen molar-refractivity contribution < 1.29 is 0 Å². The van der Waals surface area contributed by atoms with Gasteiger partial charge in [0.15, 0.2) is 0 Å². The Morgan fingerprint density at radius 1 is 1.41 bits per heavy atom. The molecule has 1 aliphatic rings. The van der Waals surface area contributed by atoms with E-state index in [9.17, 15) is 0 Å². The van der Waals surface area contributed by atoms with Crippen LogP contribution in [-0.4, -0.2) is 56.1 Å². The SMILES string of the molecule is CC(C)CC(CN)CN(C)CC1CCCN1C. The number of hydrogen-bond acceptors (Lipinski definition) is 3. The summed E-state index contributed by atoms with van der Waals surface area (Å²) in [5.41, 5.74) is 5.87. The van der Waals surface area contributed by atoms with Crippen LogP contribution in [0.2, 0.25) is 0 Å². The molecule has 0 aromatic rings. The van der Waals surface area contributed by atoms with Gasteiger partial charge in [0.25, 0.3) is 0 Å². The molecule has 1 fully saturated rings. The molecule has 3 nitrogen and oxygen atoms in total. The molecule has 0 bridgehead atoms. The van der Waals surface area contributed by atoms with Crippen molar-refractivity contribution in [3.05, 3.63) is 0 Å². The average molecular weight is 241 g/mol. The van der Waals surface area contributed by atoms with E-state index in [1.807, 2.05) is 0 Å². The monoisotopic (exact) mass is 241 g/mol. The molecule has 3 heteroatoms. The van der Waals surface area contributed by atoms with Gasteiger partial charge in [-0.1, -0.05) is 13.8 Å². The lowest BCUT2D eigenvalue weighted by atomic mass is 9.96. The van der Waals surface area contributed by atoms with E-state index in [-0.39, 0.29) is 0 Å². The number of hydrogen-bond donors (Lipinski definition) is 1. The van der Waals surface area contributed by atoms with Crippen LogP contribution in [0.15, 0.2) is 0 Å². The number of likely N-dealkylation sites (tertiary alicyclic amines) is 1. The van der Waals surface area contributed by atoms with Gasteiger partial charge in [0.1, 0.15) is 0 Å². The second-order valence-corrected chi connectivity index (χ2v) is 6.23. The number of rotatable bonds is 7. The number of nitrogens with two attached hydrogens (primary N) is 1. The van der Waals surface area contributed by atoms with Crippen LogP contribution >= 0.6 is 0 Å². The van der Waals surface area contributed by atoms with Crippen molar-refractivity contribution in [3.8, 4) is 0 Å². The van der Waals surface area contributed by atoms with Crippen molar-refractivity contribution in [2.24, 2.45) is 17.6 Å². The van der Waals surface area contributed by atoms with E-state index in [1.165, 1.54) is 32.4 Å². The molecule has 0 aliphatic carbocycles. The van der Waals surface area contributed by atoms with Gasteiger partial charge in [-0.05, 0) is 58.3 Å². The lowest BCUT2D eigenvalue weighted by Gasteiger charge is -2.29. The van der Waals surface area contributed by atoms with Gasteiger partial charge in [0.05, 0.1) is 0 Å². The summed E-state index contributed by atoms with van der Waals surface area (Å²) in [6.45, 7) is 9.01. The lowest BCUT2D eigenvalue weighted by Crippen LogP contribution is -2.40. The van der Waals surface area contributed by atoms with Gasteiger partial charge in [-0.15, -0.1) is 0 Å². The van der Waals surface area contributed by atoms with E-state index in [0.717, 1.165) is 25.0 Å². The smallest absolute Gasteiger partial charge is 0.0220 e. The summed E-state index contributed by atoms with van der Waals surface area (Å²) < 4.78 is 0. The summed E-state index contributed by atoms with van der Waals surface area (Å²) in [5, 5.41) is 0. The van der Waals surface area contributed by atoms with Gasteiger partial charge < -0.3 is 15.5 Å². The minimum atomic E-state index is 0.659. The maximum Gasteiger partial charge on any atom is 0.0220 e. The first-order valence-corrected chi connectivity index (χ1v) is 7.11. The van der Waals surface area contributed by atoms with Gasteiger partial charge in [-0.25, -0.2) is 0 Å². The number of likely N-dealkylation sites (N-methyl/N-ethyl adjacent to an activating group) is 2. The van der Waals surface area contributed by atoms with Gasteiger partial charge >= 0.3 is 0 Å². The van der Waals surface area contributed by atoms with Gasteiger partial charge in [-0.3, -0.25) is 0 Å². The topological polar surface area (TPSA) is 32.5 Å². The Morgan fingerprint density at radius 2 is 2.12 bits per heavy atom. The molecule has 0 amide bonds. The highest BCUT2D eigenvalue weighted by Crippen LogP contribution is 2.17. The summed E-state index contributed by atoms with van der Waals surface area (Å²) in [7, 11) is 4.50. The zero-order valence-corrected chi connectivity index (χ0v) is 12.2.